The SMILES string of the molecule is CCNC(=NCc1c(OC)cc(OC)cc1OC)NC(C)CCS(C)(=O)=O.I. The average Bonchev–Trinajstić information content (AvgIpc) is 2.63. The maximum atomic E-state index is 11.3. The Bertz CT molecular complexity index is 716. The summed E-state index contributed by atoms with van der Waals surface area (Å²) in [6.07, 6.45) is 1.74. The first-order valence-electron chi connectivity index (χ1n) is 8.75. The topological polar surface area (TPSA) is 98.2 Å². The largest absolute Gasteiger partial charge is 0.496 e. The van der Waals surface area contributed by atoms with Crippen LogP contribution in [0.2, 0.25) is 0 Å². The average molecular weight is 529 g/mol. The molecule has 0 saturated heterocycles. The van der Waals surface area contributed by atoms with E-state index in [-0.39, 0.29) is 35.8 Å². The van der Waals surface area contributed by atoms with Gasteiger partial charge < -0.3 is 24.8 Å². The van der Waals surface area contributed by atoms with Crippen molar-refractivity contribution in [2.24, 2.45) is 4.99 Å². The highest BCUT2D eigenvalue weighted by Crippen LogP contribution is 2.34. The molecule has 0 heterocycles. The molecule has 0 radical (unpaired) electrons. The van der Waals surface area contributed by atoms with Crippen molar-refractivity contribution >= 4 is 39.8 Å². The number of nitrogens with one attached hydrogen (secondary N) is 2. The molecule has 10 heteroatoms. The molecule has 162 valence electrons. The van der Waals surface area contributed by atoms with E-state index in [2.05, 4.69) is 15.6 Å². The standard InChI is InChI=1S/C18H31N3O5S.HI/c1-7-19-18(21-13(2)8-9-27(6,22)23)20-12-15-16(25-4)10-14(24-3)11-17(15)26-5;/h10-11,13H,7-9,12H2,1-6H3,(H2,19,20,21);1H. The van der Waals surface area contributed by atoms with Crippen LogP contribution in [-0.4, -0.2) is 60.3 Å². The van der Waals surface area contributed by atoms with Crippen molar-refractivity contribution in [3.8, 4) is 17.2 Å². The van der Waals surface area contributed by atoms with E-state index < -0.39 is 9.84 Å². The highest BCUT2D eigenvalue weighted by Gasteiger charge is 2.14. The molecule has 0 saturated carbocycles. The van der Waals surface area contributed by atoms with Crippen LogP contribution in [0.1, 0.15) is 25.8 Å². The number of hydrogen-bond acceptors (Lipinski definition) is 6. The van der Waals surface area contributed by atoms with Crippen molar-refractivity contribution in [2.45, 2.75) is 32.9 Å². The second kappa shape index (κ2) is 12.9. The number of halogens is 1. The van der Waals surface area contributed by atoms with Gasteiger partial charge in [-0.2, -0.15) is 0 Å². The van der Waals surface area contributed by atoms with Gasteiger partial charge in [0.15, 0.2) is 5.96 Å². The van der Waals surface area contributed by atoms with Gasteiger partial charge in [-0.05, 0) is 20.3 Å². The number of sulfone groups is 1. The molecule has 0 aromatic heterocycles. The molecule has 0 fully saturated rings. The summed E-state index contributed by atoms with van der Waals surface area (Å²) in [5.74, 6) is 2.60. The van der Waals surface area contributed by atoms with Gasteiger partial charge in [0.2, 0.25) is 0 Å². The van der Waals surface area contributed by atoms with Gasteiger partial charge in [-0.1, -0.05) is 0 Å². The first-order valence-corrected chi connectivity index (χ1v) is 10.8. The van der Waals surface area contributed by atoms with Crippen LogP contribution in [0.15, 0.2) is 17.1 Å². The van der Waals surface area contributed by atoms with Crippen LogP contribution in [0, 0.1) is 0 Å². The monoisotopic (exact) mass is 529 g/mol. The van der Waals surface area contributed by atoms with Crippen molar-refractivity contribution in [3.63, 3.8) is 0 Å². The zero-order chi connectivity index (χ0) is 20.4. The normalized spacial score (nSPS) is 12.6. The van der Waals surface area contributed by atoms with Gasteiger partial charge in [-0.25, -0.2) is 13.4 Å². The summed E-state index contributed by atoms with van der Waals surface area (Å²) in [6, 6.07) is 3.52. The van der Waals surface area contributed by atoms with Crippen molar-refractivity contribution in [3.05, 3.63) is 17.7 Å². The predicted molar refractivity (Wildman–Crippen MR) is 123 cm³/mol. The number of ether oxygens (including phenoxy) is 3. The number of hydrogen-bond donors (Lipinski definition) is 2. The van der Waals surface area contributed by atoms with Gasteiger partial charge in [0.05, 0.1) is 39.2 Å². The number of benzene rings is 1. The van der Waals surface area contributed by atoms with Crippen molar-refractivity contribution in [1.29, 1.82) is 0 Å². The van der Waals surface area contributed by atoms with Gasteiger partial charge in [0.25, 0.3) is 0 Å². The predicted octanol–water partition coefficient (Wildman–Crippen LogP) is 2.21. The van der Waals surface area contributed by atoms with Crippen molar-refractivity contribution < 1.29 is 22.6 Å². The fourth-order valence-corrected chi connectivity index (χ4v) is 3.19. The fourth-order valence-electron chi connectivity index (χ4n) is 2.41. The Labute approximate surface area is 185 Å². The molecule has 0 amide bonds. The molecule has 0 bridgehead atoms. The Morgan fingerprint density at radius 2 is 1.71 bits per heavy atom. The molecule has 0 aliphatic rings. The van der Waals surface area contributed by atoms with E-state index >= 15 is 0 Å². The molecule has 28 heavy (non-hydrogen) atoms. The quantitative estimate of drug-likeness (QED) is 0.273. The van der Waals surface area contributed by atoms with Gasteiger partial charge >= 0.3 is 0 Å². The third-order valence-electron chi connectivity index (χ3n) is 3.86. The van der Waals surface area contributed by atoms with E-state index in [0.29, 0.717) is 42.7 Å². The lowest BCUT2D eigenvalue weighted by atomic mass is 10.1. The number of aliphatic imine (C=N–C) groups is 1. The lowest BCUT2D eigenvalue weighted by Gasteiger charge is -2.18. The third kappa shape index (κ3) is 9.18. The Morgan fingerprint density at radius 1 is 1.14 bits per heavy atom. The third-order valence-corrected chi connectivity index (χ3v) is 4.84. The van der Waals surface area contributed by atoms with E-state index in [9.17, 15) is 8.42 Å². The first-order chi connectivity index (χ1) is 12.7. The highest BCUT2D eigenvalue weighted by atomic mass is 127. The molecule has 1 aromatic carbocycles. The zero-order valence-corrected chi connectivity index (χ0v) is 20.5. The number of guanidine groups is 1. The lowest BCUT2D eigenvalue weighted by Crippen LogP contribution is -2.42. The van der Waals surface area contributed by atoms with Crippen LogP contribution in [0.3, 0.4) is 0 Å². The maximum absolute atomic E-state index is 11.3. The number of rotatable bonds is 10. The van der Waals surface area contributed by atoms with E-state index in [1.165, 1.54) is 6.26 Å². The highest BCUT2D eigenvalue weighted by molar-refractivity contribution is 14.0. The van der Waals surface area contributed by atoms with Crippen molar-refractivity contribution in [2.75, 3.05) is 39.9 Å². The molecular formula is C18H32IN3O5S. The van der Waals surface area contributed by atoms with Crippen LogP contribution >= 0.6 is 24.0 Å². The molecule has 1 atom stereocenters. The number of methoxy groups -OCH3 is 3. The Morgan fingerprint density at radius 3 is 2.14 bits per heavy atom. The van der Waals surface area contributed by atoms with Crippen LogP contribution in [-0.2, 0) is 16.4 Å². The Kier molecular flexibility index (Phi) is 12.3. The molecular weight excluding hydrogens is 497 g/mol. The summed E-state index contributed by atoms with van der Waals surface area (Å²) in [6.45, 7) is 4.89. The summed E-state index contributed by atoms with van der Waals surface area (Å²) >= 11 is 0. The number of nitrogens with zero attached hydrogens (tertiary/aromatic N) is 1. The molecule has 0 spiro atoms. The molecule has 1 unspecified atom stereocenters. The Balaban J connectivity index is 0.00000729. The summed E-state index contributed by atoms with van der Waals surface area (Å²) < 4.78 is 38.8. The smallest absolute Gasteiger partial charge is 0.191 e. The minimum Gasteiger partial charge on any atom is -0.496 e. The van der Waals surface area contributed by atoms with E-state index in [0.717, 1.165) is 5.56 Å². The van der Waals surface area contributed by atoms with Gasteiger partial charge in [0.1, 0.15) is 27.1 Å². The summed E-state index contributed by atoms with van der Waals surface area (Å²) in [5, 5.41) is 6.39. The first kappa shape index (κ1) is 26.6. The Hall–Kier alpha value is -1.43. The summed E-state index contributed by atoms with van der Waals surface area (Å²) in [5.41, 5.74) is 0.793. The van der Waals surface area contributed by atoms with Crippen LogP contribution in [0.5, 0.6) is 17.2 Å². The van der Waals surface area contributed by atoms with Gasteiger partial charge in [-0.3, -0.25) is 0 Å². The van der Waals surface area contributed by atoms with Crippen LogP contribution < -0.4 is 24.8 Å². The lowest BCUT2D eigenvalue weighted by molar-refractivity contribution is 0.369. The maximum Gasteiger partial charge on any atom is 0.191 e. The summed E-state index contributed by atoms with van der Waals surface area (Å²) in [4.78, 5) is 4.58. The second-order valence-corrected chi connectivity index (χ2v) is 8.43. The molecule has 1 aromatic rings. The van der Waals surface area contributed by atoms with Crippen molar-refractivity contribution in [1.82, 2.24) is 10.6 Å². The second-order valence-electron chi connectivity index (χ2n) is 6.17. The molecule has 0 aliphatic heterocycles. The fraction of sp³-hybridized carbons (Fsp3) is 0.611. The molecule has 2 N–H and O–H groups in total. The molecule has 1 rings (SSSR count). The minimum absolute atomic E-state index is 0. The van der Waals surface area contributed by atoms with Crippen LogP contribution in [0.25, 0.3) is 0 Å². The van der Waals surface area contributed by atoms with Gasteiger partial charge in [0, 0.05) is 31.0 Å². The summed E-state index contributed by atoms with van der Waals surface area (Å²) in [7, 11) is 1.75. The molecule has 0 aliphatic carbocycles. The van der Waals surface area contributed by atoms with E-state index in [1.807, 2.05) is 13.8 Å². The van der Waals surface area contributed by atoms with E-state index in [1.54, 1.807) is 33.5 Å². The van der Waals surface area contributed by atoms with E-state index in [4.69, 9.17) is 14.2 Å². The van der Waals surface area contributed by atoms with Gasteiger partial charge in [-0.15, -0.1) is 24.0 Å². The van der Waals surface area contributed by atoms with Crippen LogP contribution in [0.4, 0.5) is 0 Å². The molecule has 8 nitrogen and oxygen atoms in total. The minimum atomic E-state index is -2.99. The zero-order valence-electron chi connectivity index (χ0n) is 17.4.